The maximum absolute atomic E-state index is 9.41. The van der Waals surface area contributed by atoms with Crippen LogP contribution < -0.4 is 10.2 Å². The van der Waals surface area contributed by atoms with Gasteiger partial charge in [0, 0.05) is 19.6 Å². The summed E-state index contributed by atoms with van der Waals surface area (Å²) in [5, 5.41) is 29.2. The molecule has 1 aliphatic rings. The van der Waals surface area contributed by atoms with Crippen molar-refractivity contribution in [1.29, 1.82) is 0 Å². The van der Waals surface area contributed by atoms with E-state index in [2.05, 4.69) is 20.5 Å². The Bertz CT molecular complexity index is 597. The number of nitrogens with one attached hydrogen (secondary N) is 1. The van der Waals surface area contributed by atoms with Gasteiger partial charge in [-0.05, 0) is 22.4 Å². The van der Waals surface area contributed by atoms with Crippen LogP contribution in [0.1, 0.15) is 0 Å². The van der Waals surface area contributed by atoms with E-state index in [0.717, 1.165) is 24.5 Å². The number of aliphatic hydroxyl groups excluding tert-OH is 2. The highest BCUT2D eigenvalue weighted by molar-refractivity contribution is 5.96. The highest BCUT2D eigenvalue weighted by Crippen LogP contribution is 2.30. The van der Waals surface area contributed by atoms with Crippen molar-refractivity contribution < 1.29 is 19.6 Å². The first-order valence-electron chi connectivity index (χ1n) is 6.90. The summed E-state index contributed by atoms with van der Waals surface area (Å²) in [6.45, 7) is 2.93. The van der Waals surface area contributed by atoms with Crippen LogP contribution in [0.3, 0.4) is 0 Å². The summed E-state index contributed by atoms with van der Waals surface area (Å²) in [6.07, 6.45) is -0.821. The van der Waals surface area contributed by atoms with E-state index in [-0.39, 0.29) is 13.2 Å². The zero-order chi connectivity index (χ0) is 14.7. The molecule has 1 aromatic carbocycles. The van der Waals surface area contributed by atoms with Crippen LogP contribution in [0.4, 0.5) is 11.4 Å². The smallest absolute Gasteiger partial charge is 0.160 e. The molecule has 2 aromatic rings. The second kappa shape index (κ2) is 6.25. The summed E-state index contributed by atoms with van der Waals surface area (Å²) < 4.78 is 10.2. The van der Waals surface area contributed by atoms with Crippen molar-refractivity contribution in [1.82, 2.24) is 10.3 Å². The molecular weight excluding hydrogens is 276 g/mol. The second-order valence-corrected chi connectivity index (χ2v) is 4.91. The Morgan fingerprint density at radius 1 is 1.24 bits per heavy atom. The number of fused-ring (bicyclic) bond motifs is 1. The van der Waals surface area contributed by atoms with Gasteiger partial charge in [-0.3, -0.25) is 0 Å². The van der Waals surface area contributed by atoms with Gasteiger partial charge in [-0.15, -0.1) is 0 Å². The largest absolute Gasteiger partial charge is 0.394 e. The van der Waals surface area contributed by atoms with Gasteiger partial charge in [0.25, 0.3) is 0 Å². The van der Waals surface area contributed by atoms with Crippen LogP contribution in [0.15, 0.2) is 16.8 Å². The maximum Gasteiger partial charge on any atom is 0.160 e. The minimum Gasteiger partial charge on any atom is -0.394 e. The van der Waals surface area contributed by atoms with E-state index in [1.807, 2.05) is 12.1 Å². The van der Waals surface area contributed by atoms with Gasteiger partial charge in [-0.25, -0.2) is 4.63 Å². The molecule has 114 valence electrons. The van der Waals surface area contributed by atoms with E-state index >= 15 is 0 Å². The fraction of sp³-hybridized carbons (Fsp3) is 0.538. The molecule has 3 N–H and O–H groups in total. The molecule has 1 unspecified atom stereocenters. The SMILES string of the molecule is OCC(O)CNc1ccc(N2CCOCC2)c2nonc12. The maximum atomic E-state index is 9.41. The van der Waals surface area contributed by atoms with Crippen molar-refractivity contribution in [3.05, 3.63) is 12.1 Å². The minimum atomic E-state index is -0.821. The molecule has 2 heterocycles. The molecule has 1 saturated heterocycles. The lowest BCUT2D eigenvalue weighted by Gasteiger charge is -2.28. The molecule has 0 spiro atoms. The Morgan fingerprint density at radius 2 is 2.00 bits per heavy atom. The lowest BCUT2D eigenvalue weighted by atomic mass is 10.2. The molecule has 0 amide bonds. The standard InChI is InChI=1S/C13H18N4O4/c18-8-9(19)7-14-10-1-2-11(13-12(10)15-21-16-13)17-3-5-20-6-4-17/h1-2,9,14,18-19H,3-8H2. The number of aromatic nitrogens is 2. The van der Waals surface area contributed by atoms with Crippen LogP contribution in [0.25, 0.3) is 11.0 Å². The van der Waals surface area contributed by atoms with E-state index < -0.39 is 6.10 Å². The van der Waals surface area contributed by atoms with Crippen LogP contribution in [0, 0.1) is 0 Å². The normalized spacial score (nSPS) is 17.1. The summed E-state index contributed by atoms with van der Waals surface area (Å²) in [7, 11) is 0. The van der Waals surface area contributed by atoms with Crippen LogP contribution in [-0.2, 0) is 4.74 Å². The Balaban J connectivity index is 1.86. The van der Waals surface area contributed by atoms with E-state index in [1.165, 1.54) is 0 Å². The third-order valence-corrected chi connectivity index (χ3v) is 3.48. The van der Waals surface area contributed by atoms with Crippen molar-refractivity contribution in [3.8, 4) is 0 Å². The first kappa shape index (κ1) is 14.1. The molecule has 0 bridgehead atoms. The summed E-state index contributed by atoms with van der Waals surface area (Å²) in [5.74, 6) is 0. The van der Waals surface area contributed by atoms with Crippen LogP contribution >= 0.6 is 0 Å². The average molecular weight is 294 g/mol. The molecule has 8 heteroatoms. The molecule has 1 aromatic heterocycles. The Kier molecular flexibility index (Phi) is 4.18. The van der Waals surface area contributed by atoms with Crippen LogP contribution in [-0.4, -0.2) is 66.1 Å². The fourth-order valence-electron chi connectivity index (χ4n) is 2.35. The topological polar surface area (TPSA) is 104 Å². The van der Waals surface area contributed by atoms with E-state index in [1.54, 1.807) is 0 Å². The third kappa shape index (κ3) is 2.92. The number of rotatable bonds is 5. The molecule has 1 atom stereocenters. The van der Waals surface area contributed by atoms with Gasteiger partial charge in [0.15, 0.2) is 11.0 Å². The van der Waals surface area contributed by atoms with Gasteiger partial charge in [0.1, 0.15) is 0 Å². The van der Waals surface area contributed by atoms with Crippen molar-refractivity contribution in [2.75, 3.05) is 49.7 Å². The number of hydrogen-bond donors (Lipinski definition) is 3. The highest BCUT2D eigenvalue weighted by atomic mass is 16.6. The van der Waals surface area contributed by atoms with Crippen LogP contribution in [0.5, 0.6) is 0 Å². The first-order chi connectivity index (χ1) is 10.3. The van der Waals surface area contributed by atoms with Gasteiger partial charge >= 0.3 is 0 Å². The predicted octanol–water partition coefficient (Wildman–Crippen LogP) is -0.176. The monoisotopic (exact) mass is 294 g/mol. The second-order valence-electron chi connectivity index (χ2n) is 4.91. The first-order valence-corrected chi connectivity index (χ1v) is 6.90. The summed E-state index contributed by atoms with van der Waals surface area (Å²) in [5.41, 5.74) is 2.98. The van der Waals surface area contributed by atoms with Crippen molar-refractivity contribution >= 4 is 22.4 Å². The van der Waals surface area contributed by atoms with E-state index in [4.69, 9.17) is 14.5 Å². The molecular formula is C13H18N4O4. The molecule has 0 radical (unpaired) electrons. The van der Waals surface area contributed by atoms with Crippen LogP contribution in [0.2, 0.25) is 0 Å². The summed E-state index contributed by atoms with van der Waals surface area (Å²) >= 11 is 0. The van der Waals surface area contributed by atoms with Crippen molar-refractivity contribution in [3.63, 3.8) is 0 Å². The Labute approximate surface area is 121 Å². The molecule has 0 aliphatic carbocycles. The molecule has 1 aliphatic heterocycles. The Hall–Kier alpha value is -1.90. The van der Waals surface area contributed by atoms with Crippen molar-refractivity contribution in [2.45, 2.75) is 6.10 Å². The number of hydrogen-bond acceptors (Lipinski definition) is 8. The molecule has 1 fully saturated rings. The number of ether oxygens (including phenoxy) is 1. The zero-order valence-corrected chi connectivity index (χ0v) is 11.5. The van der Waals surface area contributed by atoms with Gasteiger partial charge in [0.05, 0.1) is 37.3 Å². The summed E-state index contributed by atoms with van der Waals surface area (Å²) in [6, 6.07) is 3.83. The number of morpholine rings is 1. The lowest BCUT2D eigenvalue weighted by Crippen LogP contribution is -2.36. The fourth-order valence-corrected chi connectivity index (χ4v) is 2.35. The minimum absolute atomic E-state index is 0.232. The predicted molar refractivity (Wildman–Crippen MR) is 76.4 cm³/mol. The highest BCUT2D eigenvalue weighted by Gasteiger charge is 2.19. The van der Waals surface area contributed by atoms with Gasteiger partial charge in [-0.1, -0.05) is 0 Å². The summed E-state index contributed by atoms with van der Waals surface area (Å²) in [4.78, 5) is 2.18. The molecule has 21 heavy (non-hydrogen) atoms. The van der Waals surface area contributed by atoms with Crippen molar-refractivity contribution in [2.24, 2.45) is 0 Å². The van der Waals surface area contributed by atoms with Gasteiger partial charge < -0.3 is 25.2 Å². The average Bonchev–Trinajstić information content (AvgIpc) is 3.02. The quantitative estimate of drug-likeness (QED) is 0.698. The zero-order valence-electron chi connectivity index (χ0n) is 11.5. The lowest BCUT2D eigenvalue weighted by molar-refractivity contribution is 0.105. The third-order valence-electron chi connectivity index (χ3n) is 3.48. The number of nitrogens with zero attached hydrogens (tertiary/aromatic N) is 3. The van der Waals surface area contributed by atoms with E-state index in [9.17, 15) is 5.11 Å². The van der Waals surface area contributed by atoms with Gasteiger partial charge in [-0.2, -0.15) is 0 Å². The molecule has 3 rings (SSSR count). The van der Waals surface area contributed by atoms with E-state index in [0.29, 0.717) is 24.2 Å². The number of aliphatic hydroxyl groups is 2. The number of benzene rings is 1. The molecule has 0 saturated carbocycles. The molecule has 8 nitrogen and oxygen atoms in total. The van der Waals surface area contributed by atoms with Gasteiger partial charge in [0.2, 0.25) is 0 Å². The Morgan fingerprint density at radius 3 is 2.76 bits per heavy atom. The number of anilines is 2.